The number of ether oxygens (including phenoxy) is 1. The molecule has 0 aromatic rings. The summed E-state index contributed by atoms with van der Waals surface area (Å²) in [7, 11) is 1.77. The Hall–Kier alpha value is -0.840. The molecule has 0 radical (unpaired) electrons. The molecular formula is C20H36ClNO3. The lowest BCUT2D eigenvalue weighted by atomic mass is 10.1. The number of aliphatic hydroxyl groups is 1. The van der Waals surface area contributed by atoms with Crippen LogP contribution >= 0.6 is 11.6 Å². The van der Waals surface area contributed by atoms with Crippen LogP contribution in [0, 0.1) is 0 Å². The fourth-order valence-corrected chi connectivity index (χ4v) is 2.70. The largest absolute Gasteiger partial charge is 0.396 e. The molecule has 0 saturated heterocycles. The van der Waals surface area contributed by atoms with Crippen LogP contribution in [-0.4, -0.2) is 37.4 Å². The van der Waals surface area contributed by atoms with Gasteiger partial charge < -0.3 is 15.2 Å². The Bertz CT molecular complexity index is 383. The Labute approximate surface area is 158 Å². The number of unbranched alkanes of at least 4 members (excludes halogenated alkanes) is 4. The highest BCUT2D eigenvalue weighted by Gasteiger charge is 2.05. The number of amides is 1. The van der Waals surface area contributed by atoms with Gasteiger partial charge in [-0.1, -0.05) is 62.8 Å². The molecular weight excluding hydrogens is 338 g/mol. The predicted molar refractivity (Wildman–Crippen MR) is 106 cm³/mol. The lowest BCUT2D eigenvalue weighted by molar-refractivity contribution is -0.120. The zero-order valence-corrected chi connectivity index (χ0v) is 16.7. The molecule has 0 aliphatic carbocycles. The average Bonchev–Trinajstić information content (AvgIpc) is 2.62. The Kier molecular flexibility index (Phi) is 17.4. The Balaban J connectivity index is 3.78. The van der Waals surface area contributed by atoms with E-state index < -0.39 is 0 Å². The van der Waals surface area contributed by atoms with E-state index >= 15 is 0 Å². The second-order valence-corrected chi connectivity index (χ2v) is 6.54. The summed E-state index contributed by atoms with van der Waals surface area (Å²) in [6, 6.07) is 0. The topological polar surface area (TPSA) is 58.6 Å². The van der Waals surface area contributed by atoms with Gasteiger partial charge in [0, 0.05) is 32.2 Å². The molecule has 146 valence electrons. The first-order valence-corrected chi connectivity index (χ1v) is 9.95. The van der Waals surface area contributed by atoms with Crippen LogP contribution in [0.3, 0.4) is 0 Å². The molecule has 25 heavy (non-hydrogen) atoms. The molecule has 0 fully saturated rings. The third-order valence-corrected chi connectivity index (χ3v) is 4.48. The van der Waals surface area contributed by atoms with Crippen LogP contribution in [0.1, 0.15) is 71.1 Å². The molecule has 1 atom stereocenters. The molecule has 0 spiro atoms. The van der Waals surface area contributed by atoms with Gasteiger partial charge in [0.15, 0.2) is 0 Å². The lowest BCUT2D eigenvalue weighted by Gasteiger charge is -2.12. The number of carbonyl (C=O) groups excluding carboxylic acids is 1. The van der Waals surface area contributed by atoms with Crippen LogP contribution in [-0.2, 0) is 9.53 Å². The SMILES string of the molecule is CCCCCCC[C@@H](C/C=C/CCC(=O)NC/C(=C\Cl)CCO)OC. The number of carbonyl (C=O) groups is 1. The molecule has 4 nitrogen and oxygen atoms in total. The number of halogens is 1. The number of nitrogens with one attached hydrogen (secondary N) is 1. The summed E-state index contributed by atoms with van der Waals surface area (Å²) < 4.78 is 5.52. The molecule has 2 N–H and O–H groups in total. The Morgan fingerprint density at radius 3 is 2.60 bits per heavy atom. The van der Waals surface area contributed by atoms with E-state index in [0.717, 1.165) is 24.8 Å². The normalized spacial score (nSPS) is 13.4. The number of hydrogen-bond donors (Lipinski definition) is 2. The first-order chi connectivity index (χ1) is 12.2. The molecule has 0 unspecified atom stereocenters. The van der Waals surface area contributed by atoms with E-state index in [4.69, 9.17) is 21.4 Å². The summed E-state index contributed by atoms with van der Waals surface area (Å²) >= 11 is 5.63. The van der Waals surface area contributed by atoms with E-state index in [2.05, 4.69) is 24.4 Å². The van der Waals surface area contributed by atoms with E-state index in [9.17, 15) is 4.79 Å². The van der Waals surface area contributed by atoms with Gasteiger partial charge in [0.25, 0.3) is 0 Å². The summed E-state index contributed by atoms with van der Waals surface area (Å²) in [6.45, 7) is 2.67. The summed E-state index contributed by atoms with van der Waals surface area (Å²) in [6.07, 6.45) is 14.5. The summed E-state index contributed by atoms with van der Waals surface area (Å²) in [5.41, 5.74) is 2.25. The van der Waals surface area contributed by atoms with Crippen LogP contribution in [0.15, 0.2) is 23.3 Å². The minimum Gasteiger partial charge on any atom is -0.396 e. The van der Waals surface area contributed by atoms with Crippen molar-refractivity contribution in [2.45, 2.75) is 77.2 Å². The molecule has 1 amide bonds. The number of methoxy groups -OCH3 is 1. The Morgan fingerprint density at radius 2 is 1.96 bits per heavy atom. The maximum absolute atomic E-state index is 11.7. The number of allylic oxidation sites excluding steroid dienone is 1. The fraction of sp³-hybridized carbons (Fsp3) is 0.750. The second-order valence-electron chi connectivity index (χ2n) is 6.32. The van der Waals surface area contributed by atoms with Crippen LogP contribution in [0.25, 0.3) is 0 Å². The fourth-order valence-electron chi connectivity index (χ4n) is 2.51. The minimum atomic E-state index is -0.00202. The highest BCUT2D eigenvalue weighted by molar-refractivity contribution is 6.25. The molecule has 0 aromatic heterocycles. The van der Waals surface area contributed by atoms with E-state index in [1.807, 2.05) is 0 Å². The number of aliphatic hydroxyl groups excluding tert-OH is 1. The molecule has 0 rings (SSSR count). The number of rotatable bonds is 16. The van der Waals surface area contributed by atoms with Gasteiger partial charge in [-0.25, -0.2) is 0 Å². The maximum Gasteiger partial charge on any atom is 0.220 e. The van der Waals surface area contributed by atoms with E-state index in [1.54, 1.807) is 7.11 Å². The lowest BCUT2D eigenvalue weighted by Crippen LogP contribution is -2.25. The molecule has 0 aromatic carbocycles. The van der Waals surface area contributed by atoms with Crippen molar-refractivity contribution in [3.05, 3.63) is 23.3 Å². The van der Waals surface area contributed by atoms with Crippen molar-refractivity contribution < 1.29 is 14.6 Å². The van der Waals surface area contributed by atoms with Gasteiger partial charge in [-0.05, 0) is 31.3 Å². The maximum atomic E-state index is 11.7. The molecule has 0 saturated carbocycles. The number of hydrogen-bond acceptors (Lipinski definition) is 3. The van der Waals surface area contributed by atoms with Crippen molar-refractivity contribution >= 4 is 17.5 Å². The van der Waals surface area contributed by atoms with Crippen molar-refractivity contribution in [3.8, 4) is 0 Å². The van der Waals surface area contributed by atoms with Crippen molar-refractivity contribution in [3.63, 3.8) is 0 Å². The smallest absolute Gasteiger partial charge is 0.220 e. The van der Waals surface area contributed by atoms with Crippen molar-refractivity contribution in [2.24, 2.45) is 0 Å². The third-order valence-electron chi connectivity index (χ3n) is 4.17. The van der Waals surface area contributed by atoms with Crippen molar-refractivity contribution in [1.29, 1.82) is 0 Å². The van der Waals surface area contributed by atoms with Crippen molar-refractivity contribution in [2.75, 3.05) is 20.3 Å². The average molecular weight is 374 g/mol. The van der Waals surface area contributed by atoms with Gasteiger partial charge in [0.05, 0.1) is 6.10 Å². The zero-order valence-electron chi connectivity index (χ0n) is 15.9. The third kappa shape index (κ3) is 15.2. The van der Waals surface area contributed by atoms with Crippen molar-refractivity contribution in [1.82, 2.24) is 5.32 Å². The van der Waals surface area contributed by atoms with Gasteiger partial charge in [-0.15, -0.1) is 0 Å². The molecule has 0 bridgehead atoms. The van der Waals surface area contributed by atoms with Crippen LogP contribution in [0.4, 0.5) is 0 Å². The monoisotopic (exact) mass is 373 g/mol. The highest BCUT2D eigenvalue weighted by atomic mass is 35.5. The molecule has 0 aliphatic rings. The summed E-state index contributed by atoms with van der Waals surface area (Å²) in [5, 5.41) is 11.7. The van der Waals surface area contributed by atoms with Gasteiger partial charge in [0.1, 0.15) is 0 Å². The van der Waals surface area contributed by atoms with Gasteiger partial charge in [0.2, 0.25) is 5.91 Å². The highest BCUT2D eigenvalue weighted by Crippen LogP contribution is 2.12. The minimum absolute atomic E-state index is 0.00202. The standard InChI is InChI=1S/C20H36ClNO3/c1-3-4-5-6-8-11-19(25-2)12-9-7-10-13-20(24)22-17-18(16-21)14-15-23/h7,9,16,19,23H,3-6,8,10-15,17H2,1-2H3,(H,22,24)/b9-7+,18-16-/t19-/m0/s1. The van der Waals surface area contributed by atoms with E-state index in [0.29, 0.717) is 19.4 Å². The molecule has 0 heterocycles. The summed E-state index contributed by atoms with van der Waals surface area (Å²) in [5.74, 6) is -0.00202. The Morgan fingerprint density at radius 1 is 1.20 bits per heavy atom. The van der Waals surface area contributed by atoms with E-state index in [1.165, 1.54) is 37.6 Å². The first kappa shape index (κ1) is 24.2. The van der Waals surface area contributed by atoms with E-state index in [-0.39, 0.29) is 18.6 Å². The predicted octanol–water partition coefficient (Wildman–Crippen LogP) is 4.71. The molecule has 5 heteroatoms. The molecule has 0 aliphatic heterocycles. The van der Waals surface area contributed by atoms with Gasteiger partial charge >= 0.3 is 0 Å². The second kappa shape index (κ2) is 18.0. The van der Waals surface area contributed by atoms with Gasteiger partial charge in [-0.2, -0.15) is 0 Å². The summed E-state index contributed by atoms with van der Waals surface area (Å²) in [4.78, 5) is 11.7. The van der Waals surface area contributed by atoms with Crippen LogP contribution in [0.5, 0.6) is 0 Å². The first-order valence-electron chi connectivity index (χ1n) is 9.51. The van der Waals surface area contributed by atoms with Crippen LogP contribution in [0.2, 0.25) is 0 Å². The zero-order chi connectivity index (χ0) is 18.8. The van der Waals surface area contributed by atoms with Gasteiger partial charge in [-0.3, -0.25) is 4.79 Å². The van der Waals surface area contributed by atoms with Crippen LogP contribution < -0.4 is 5.32 Å². The quantitative estimate of drug-likeness (QED) is 0.304.